The van der Waals surface area contributed by atoms with Gasteiger partial charge in [-0.05, 0) is 30.7 Å². The molecular formula is C13H17NO5. The van der Waals surface area contributed by atoms with Crippen molar-refractivity contribution in [3.8, 4) is 11.5 Å². The first-order valence-corrected chi connectivity index (χ1v) is 5.87. The minimum absolute atomic E-state index is 0.0413. The van der Waals surface area contributed by atoms with Crippen molar-refractivity contribution < 1.29 is 24.2 Å². The fourth-order valence-corrected chi connectivity index (χ4v) is 1.34. The van der Waals surface area contributed by atoms with Gasteiger partial charge in [0.15, 0.2) is 6.61 Å². The van der Waals surface area contributed by atoms with Crippen LogP contribution in [0.4, 0.5) is 0 Å². The van der Waals surface area contributed by atoms with E-state index in [0.717, 1.165) is 0 Å². The number of carboxylic acids is 1. The van der Waals surface area contributed by atoms with Gasteiger partial charge in [-0.2, -0.15) is 0 Å². The lowest BCUT2D eigenvalue weighted by molar-refractivity contribution is -0.137. The van der Waals surface area contributed by atoms with Crippen molar-refractivity contribution in [1.29, 1.82) is 0 Å². The van der Waals surface area contributed by atoms with E-state index in [9.17, 15) is 9.59 Å². The third-order valence-corrected chi connectivity index (χ3v) is 2.32. The van der Waals surface area contributed by atoms with Gasteiger partial charge < -0.3 is 19.9 Å². The topological polar surface area (TPSA) is 84.9 Å². The molecule has 0 spiro atoms. The van der Waals surface area contributed by atoms with Crippen molar-refractivity contribution in [1.82, 2.24) is 5.32 Å². The van der Waals surface area contributed by atoms with E-state index in [1.807, 2.05) is 0 Å². The van der Waals surface area contributed by atoms with Crippen LogP contribution in [0.1, 0.15) is 12.8 Å². The number of nitrogens with one attached hydrogen (secondary N) is 1. The third kappa shape index (κ3) is 6.30. The first-order valence-electron chi connectivity index (χ1n) is 5.87. The Morgan fingerprint density at radius 2 is 1.84 bits per heavy atom. The van der Waals surface area contributed by atoms with E-state index in [1.165, 1.54) is 0 Å². The first kappa shape index (κ1) is 14.8. The number of aliphatic carboxylic acids is 1. The molecule has 0 saturated heterocycles. The molecule has 0 bridgehead atoms. The fraction of sp³-hybridized carbons (Fsp3) is 0.385. The molecule has 6 nitrogen and oxygen atoms in total. The predicted molar refractivity (Wildman–Crippen MR) is 68.4 cm³/mol. The monoisotopic (exact) mass is 267 g/mol. The normalized spacial score (nSPS) is 9.74. The molecule has 1 rings (SSSR count). The first-order chi connectivity index (χ1) is 9.11. The minimum atomic E-state index is -0.872. The fourth-order valence-electron chi connectivity index (χ4n) is 1.34. The van der Waals surface area contributed by atoms with Gasteiger partial charge in [0.2, 0.25) is 0 Å². The van der Waals surface area contributed by atoms with E-state index < -0.39 is 5.97 Å². The number of ether oxygens (including phenoxy) is 2. The lowest BCUT2D eigenvalue weighted by atomic mass is 10.3. The number of hydrogen-bond donors (Lipinski definition) is 2. The molecule has 2 N–H and O–H groups in total. The predicted octanol–water partition coefficient (Wildman–Crippen LogP) is 1.05. The maximum atomic E-state index is 11.4. The van der Waals surface area contributed by atoms with Crippen LogP contribution in [0.2, 0.25) is 0 Å². The lowest BCUT2D eigenvalue weighted by Gasteiger charge is -2.07. The van der Waals surface area contributed by atoms with Gasteiger partial charge >= 0.3 is 5.97 Å². The Balaban J connectivity index is 2.20. The second-order valence-corrected chi connectivity index (χ2v) is 3.81. The molecular weight excluding hydrogens is 250 g/mol. The van der Waals surface area contributed by atoms with Crippen LogP contribution in [0.3, 0.4) is 0 Å². The van der Waals surface area contributed by atoms with Gasteiger partial charge in [-0.15, -0.1) is 0 Å². The van der Waals surface area contributed by atoms with Crippen LogP contribution in [-0.4, -0.2) is 37.2 Å². The van der Waals surface area contributed by atoms with Gasteiger partial charge in [0.1, 0.15) is 11.5 Å². The second kappa shape index (κ2) is 7.97. The average Bonchev–Trinajstić information content (AvgIpc) is 2.41. The number of methoxy groups -OCH3 is 1. The molecule has 1 aromatic carbocycles. The Labute approximate surface area is 111 Å². The smallest absolute Gasteiger partial charge is 0.303 e. The lowest BCUT2D eigenvalue weighted by Crippen LogP contribution is -2.29. The van der Waals surface area contributed by atoms with Crippen molar-refractivity contribution in [2.24, 2.45) is 0 Å². The summed E-state index contributed by atoms with van der Waals surface area (Å²) in [6.07, 6.45) is 0.448. The SMILES string of the molecule is COc1ccc(OCC(=O)NCCCC(=O)O)cc1. The standard InChI is InChI=1S/C13H17NO5/c1-18-10-4-6-11(7-5-10)19-9-12(15)14-8-2-3-13(16)17/h4-7H,2-3,8-9H2,1H3,(H,14,15)(H,16,17). The number of carboxylic acid groups (broad SMARTS) is 1. The van der Waals surface area contributed by atoms with Gasteiger partial charge in [0, 0.05) is 13.0 Å². The molecule has 1 amide bonds. The summed E-state index contributed by atoms with van der Waals surface area (Å²) < 4.78 is 10.3. The largest absolute Gasteiger partial charge is 0.497 e. The maximum absolute atomic E-state index is 11.4. The highest BCUT2D eigenvalue weighted by Gasteiger charge is 2.03. The Bertz CT molecular complexity index is 416. The molecule has 0 aliphatic carbocycles. The van der Waals surface area contributed by atoms with Crippen LogP contribution in [0, 0.1) is 0 Å². The maximum Gasteiger partial charge on any atom is 0.303 e. The van der Waals surface area contributed by atoms with Gasteiger partial charge in [0.05, 0.1) is 7.11 Å². The van der Waals surface area contributed by atoms with Crippen LogP contribution in [0.25, 0.3) is 0 Å². The summed E-state index contributed by atoms with van der Waals surface area (Å²) in [4.78, 5) is 21.6. The quantitative estimate of drug-likeness (QED) is 0.688. The van der Waals surface area contributed by atoms with Crippen molar-refractivity contribution in [2.45, 2.75) is 12.8 Å². The molecule has 0 aliphatic rings. The number of benzene rings is 1. The highest BCUT2D eigenvalue weighted by molar-refractivity contribution is 5.77. The number of rotatable bonds is 8. The highest BCUT2D eigenvalue weighted by atomic mass is 16.5. The zero-order valence-corrected chi connectivity index (χ0v) is 10.7. The molecule has 0 radical (unpaired) electrons. The number of carbonyl (C=O) groups is 2. The summed E-state index contributed by atoms with van der Waals surface area (Å²) in [5, 5.41) is 11.0. The Morgan fingerprint density at radius 1 is 1.21 bits per heavy atom. The number of hydrogen-bond acceptors (Lipinski definition) is 4. The third-order valence-electron chi connectivity index (χ3n) is 2.32. The van der Waals surface area contributed by atoms with Crippen molar-refractivity contribution in [3.63, 3.8) is 0 Å². The summed E-state index contributed by atoms with van der Waals surface area (Å²) in [6, 6.07) is 6.88. The van der Waals surface area contributed by atoms with E-state index in [4.69, 9.17) is 14.6 Å². The molecule has 6 heteroatoms. The van der Waals surface area contributed by atoms with E-state index in [2.05, 4.69) is 5.32 Å². The van der Waals surface area contributed by atoms with E-state index in [1.54, 1.807) is 31.4 Å². The molecule has 104 valence electrons. The molecule has 0 aromatic heterocycles. The molecule has 0 atom stereocenters. The summed E-state index contributed by atoms with van der Waals surface area (Å²) in [5.41, 5.74) is 0. The summed E-state index contributed by atoms with van der Waals surface area (Å²) >= 11 is 0. The molecule has 1 aromatic rings. The van der Waals surface area contributed by atoms with Crippen LogP contribution in [0.15, 0.2) is 24.3 Å². The van der Waals surface area contributed by atoms with Crippen LogP contribution in [-0.2, 0) is 9.59 Å². The molecule has 0 saturated carbocycles. The molecule has 0 heterocycles. The van der Waals surface area contributed by atoms with Crippen LogP contribution in [0.5, 0.6) is 11.5 Å². The van der Waals surface area contributed by atoms with Gasteiger partial charge in [-0.25, -0.2) is 0 Å². The molecule has 19 heavy (non-hydrogen) atoms. The highest BCUT2D eigenvalue weighted by Crippen LogP contribution is 2.16. The average molecular weight is 267 g/mol. The van der Waals surface area contributed by atoms with E-state index in [0.29, 0.717) is 24.5 Å². The Hall–Kier alpha value is -2.24. The molecule has 0 aliphatic heterocycles. The van der Waals surface area contributed by atoms with Gasteiger partial charge in [-0.3, -0.25) is 9.59 Å². The van der Waals surface area contributed by atoms with Gasteiger partial charge in [0.25, 0.3) is 5.91 Å². The molecule has 0 fully saturated rings. The summed E-state index contributed by atoms with van der Waals surface area (Å²) in [6.45, 7) is 0.233. The van der Waals surface area contributed by atoms with Gasteiger partial charge in [-0.1, -0.05) is 0 Å². The Morgan fingerprint density at radius 3 is 2.42 bits per heavy atom. The zero-order chi connectivity index (χ0) is 14.1. The number of carbonyl (C=O) groups excluding carboxylic acids is 1. The molecule has 0 unspecified atom stereocenters. The Kier molecular flexibility index (Phi) is 6.21. The van der Waals surface area contributed by atoms with Crippen LogP contribution >= 0.6 is 0 Å². The van der Waals surface area contributed by atoms with E-state index in [-0.39, 0.29) is 18.9 Å². The summed E-state index contributed by atoms with van der Waals surface area (Å²) in [7, 11) is 1.57. The second-order valence-electron chi connectivity index (χ2n) is 3.81. The van der Waals surface area contributed by atoms with E-state index >= 15 is 0 Å². The summed E-state index contributed by atoms with van der Waals surface area (Å²) in [5.74, 6) is 0.136. The number of amides is 1. The van der Waals surface area contributed by atoms with Crippen molar-refractivity contribution >= 4 is 11.9 Å². The minimum Gasteiger partial charge on any atom is -0.497 e. The van der Waals surface area contributed by atoms with Crippen molar-refractivity contribution in [3.05, 3.63) is 24.3 Å². The zero-order valence-electron chi connectivity index (χ0n) is 10.7. The van der Waals surface area contributed by atoms with Crippen molar-refractivity contribution in [2.75, 3.05) is 20.3 Å². The van der Waals surface area contributed by atoms with Crippen LogP contribution < -0.4 is 14.8 Å².